The van der Waals surface area contributed by atoms with E-state index in [2.05, 4.69) is 10.3 Å². The van der Waals surface area contributed by atoms with Crippen LogP contribution in [0, 0.1) is 5.41 Å². The Morgan fingerprint density at radius 3 is 2.84 bits per heavy atom. The van der Waals surface area contributed by atoms with E-state index >= 15 is 0 Å². The molecule has 0 aliphatic heterocycles. The maximum atomic E-state index is 12.2. The second kappa shape index (κ2) is 5.01. The molecule has 2 heterocycles. The van der Waals surface area contributed by atoms with Crippen LogP contribution in [-0.2, 0) is 11.4 Å². The molecule has 2 aromatic heterocycles. The number of anilines is 1. The van der Waals surface area contributed by atoms with Gasteiger partial charge in [-0.05, 0) is 18.6 Å². The highest BCUT2D eigenvalue weighted by Gasteiger charge is 2.27. The molecule has 19 heavy (non-hydrogen) atoms. The predicted molar refractivity (Wildman–Crippen MR) is 73.8 cm³/mol. The highest BCUT2D eigenvalue weighted by atomic mass is 16.3. The molecule has 0 spiro atoms. The molecule has 0 aromatic carbocycles. The fourth-order valence-electron chi connectivity index (χ4n) is 1.72. The van der Waals surface area contributed by atoms with Crippen molar-refractivity contribution >= 4 is 17.4 Å². The molecule has 1 amide bonds. The number of aliphatic hydroxyl groups is 1. The standard InChI is InChI=1S/C14H19N3O2/c1-4-14(2,3)13(19)16-12-10(9-18)15-11-7-5-6-8-17(11)12/h5-8,18H,4,9H2,1-3H3,(H,16,19). The van der Waals surface area contributed by atoms with Crippen molar-refractivity contribution < 1.29 is 9.90 Å². The van der Waals surface area contributed by atoms with Crippen molar-refractivity contribution in [3.05, 3.63) is 30.1 Å². The van der Waals surface area contributed by atoms with Crippen LogP contribution in [-0.4, -0.2) is 20.4 Å². The van der Waals surface area contributed by atoms with Crippen LogP contribution < -0.4 is 5.32 Å². The van der Waals surface area contributed by atoms with Crippen molar-refractivity contribution in [2.75, 3.05) is 5.32 Å². The molecule has 2 N–H and O–H groups in total. The zero-order valence-electron chi connectivity index (χ0n) is 11.5. The summed E-state index contributed by atoms with van der Waals surface area (Å²) in [6.45, 7) is 5.55. The van der Waals surface area contributed by atoms with Gasteiger partial charge in [0.2, 0.25) is 5.91 Å². The van der Waals surface area contributed by atoms with Crippen LogP contribution in [0.5, 0.6) is 0 Å². The average Bonchev–Trinajstić information content (AvgIpc) is 2.77. The zero-order valence-corrected chi connectivity index (χ0v) is 11.5. The van der Waals surface area contributed by atoms with Gasteiger partial charge in [-0.3, -0.25) is 9.20 Å². The van der Waals surface area contributed by atoms with Crippen LogP contribution >= 0.6 is 0 Å². The summed E-state index contributed by atoms with van der Waals surface area (Å²) in [5.74, 6) is 0.472. The molecule has 0 fully saturated rings. The Balaban J connectivity index is 2.42. The summed E-state index contributed by atoms with van der Waals surface area (Å²) in [6, 6.07) is 5.56. The topological polar surface area (TPSA) is 66.6 Å². The highest BCUT2D eigenvalue weighted by molar-refractivity contribution is 5.94. The van der Waals surface area contributed by atoms with E-state index in [4.69, 9.17) is 0 Å². The van der Waals surface area contributed by atoms with Crippen molar-refractivity contribution in [3.63, 3.8) is 0 Å². The lowest BCUT2D eigenvalue weighted by Crippen LogP contribution is -2.30. The van der Waals surface area contributed by atoms with Crippen LogP contribution in [0.4, 0.5) is 5.82 Å². The molecule has 0 saturated carbocycles. The normalized spacial score (nSPS) is 11.8. The molecular formula is C14H19N3O2. The number of amides is 1. The summed E-state index contributed by atoms with van der Waals surface area (Å²) in [5, 5.41) is 12.2. The molecule has 0 bridgehead atoms. The number of aliphatic hydroxyl groups excluding tert-OH is 1. The first kappa shape index (κ1) is 13.5. The number of carbonyl (C=O) groups is 1. The fourth-order valence-corrected chi connectivity index (χ4v) is 1.72. The summed E-state index contributed by atoms with van der Waals surface area (Å²) < 4.78 is 1.77. The molecule has 2 rings (SSSR count). The van der Waals surface area contributed by atoms with Gasteiger partial charge in [-0.1, -0.05) is 26.8 Å². The number of rotatable bonds is 4. The maximum absolute atomic E-state index is 12.2. The second-order valence-electron chi connectivity index (χ2n) is 5.19. The maximum Gasteiger partial charge on any atom is 0.231 e. The van der Waals surface area contributed by atoms with E-state index in [0.29, 0.717) is 17.2 Å². The van der Waals surface area contributed by atoms with Crippen molar-refractivity contribution in [1.82, 2.24) is 9.38 Å². The van der Waals surface area contributed by atoms with Crippen molar-refractivity contribution in [1.29, 1.82) is 0 Å². The molecule has 102 valence electrons. The van der Waals surface area contributed by atoms with E-state index in [0.717, 1.165) is 6.42 Å². The molecular weight excluding hydrogens is 242 g/mol. The molecule has 5 heteroatoms. The minimum Gasteiger partial charge on any atom is -0.390 e. The Labute approximate surface area is 112 Å². The van der Waals surface area contributed by atoms with Crippen LogP contribution in [0.3, 0.4) is 0 Å². The number of fused-ring (bicyclic) bond motifs is 1. The van der Waals surface area contributed by atoms with Gasteiger partial charge >= 0.3 is 0 Å². The van der Waals surface area contributed by atoms with Gasteiger partial charge in [-0.25, -0.2) is 4.98 Å². The molecule has 0 atom stereocenters. The Morgan fingerprint density at radius 1 is 1.47 bits per heavy atom. The fraction of sp³-hybridized carbons (Fsp3) is 0.429. The lowest BCUT2D eigenvalue weighted by molar-refractivity contribution is -0.124. The molecule has 0 unspecified atom stereocenters. The van der Waals surface area contributed by atoms with Gasteiger partial charge in [0.25, 0.3) is 0 Å². The average molecular weight is 261 g/mol. The van der Waals surface area contributed by atoms with E-state index in [1.54, 1.807) is 4.40 Å². The first-order valence-electron chi connectivity index (χ1n) is 6.38. The third-order valence-corrected chi connectivity index (χ3v) is 3.48. The third kappa shape index (κ3) is 2.46. The molecule has 0 aliphatic carbocycles. The Morgan fingerprint density at radius 2 is 2.21 bits per heavy atom. The summed E-state index contributed by atoms with van der Waals surface area (Å²) in [6.07, 6.45) is 2.56. The van der Waals surface area contributed by atoms with Gasteiger partial charge in [-0.2, -0.15) is 0 Å². The number of pyridine rings is 1. The Hall–Kier alpha value is -1.88. The monoisotopic (exact) mass is 261 g/mol. The minimum absolute atomic E-state index is 0.0737. The number of carbonyl (C=O) groups excluding carboxylic acids is 1. The van der Waals surface area contributed by atoms with Gasteiger partial charge in [0.05, 0.1) is 6.61 Å². The molecule has 2 aromatic rings. The number of nitrogens with one attached hydrogen (secondary N) is 1. The second-order valence-corrected chi connectivity index (χ2v) is 5.19. The third-order valence-electron chi connectivity index (χ3n) is 3.48. The molecule has 0 radical (unpaired) electrons. The number of imidazole rings is 1. The first-order chi connectivity index (χ1) is 8.99. The van der Waals surface area contributed by atoms with Crippen LogP contribution in [0.25, 0.3) is 5.65 Å². The smallest absolute Gasteiger partial charge is 0.231 e. The highest BCUT2D eigenvalue weighted by Crippen LogP contribution is 2.24. The van der Waals surface area contributed by atoms with Crippen molar-refractivity contribution in [2.24, 2.45) is 5.41 Å². The van der Waals surface area contributed by atoms with Crippen LogP contribution in [0.1, 0.15) is 32.9 Å². The number of aromatic nitrogens is 2. The van der Waals surface area contributed by atoms with Crippen LogP contribution in [0.2, 0.25) is 0 Å². The Kier molecular flexibility index (Phi) is 3.57. The lowest BCUT2D eigenvalue weighted by Gasteiger charge is -2.21. The van der Waals surface area contributed by atoms with Gasteiger partial charge in [0, 0.05) is 11.6 Å². The lowest BCUT2D eigenvalue weighted by atomic mass is 9.89. The summed E-state index contributed by atoms with van der Waals surface area (Å²) in [7, 11) is 0. The van der Waals surface area contributed by atoms with E-state index in [1.807, 2.05) is 45.2 Å². The SMILES string of the molecule is CCC(C)(C)C(=O)Nc1c(CO)nc2ccccn12. The number of hydrogen-bond donors (Lipinski definition) is 2. The quantitative estimate of drug-likeness (QED) is 0.886. The van der Waals surface area contributed by atoms with E-state index in [1.165, 1.54) is 0 Å². The van der Waals surface area contributed by atoms with E-state index in [-0.39, 0.29) is 12.5 Å². The van der Waals surface area contributed by atoms with Crippen molar-refractivity contribution in [3.8, 4) is 0 Å². The number of hydrogen-bond acceptors (Lipinski definition) is 3. The molecule has 5 nitrogen and oxygen atoms in total. The van der Waals surface area contributed by atoms with Crippen LogP contribution in [0.15, 0.2) is 24.4 Å². The largest absolute Gasteiger partial charge is 0.390 e. The summed E-state index contributed by atoms with van der Waals surface area (Å²) in [4.78, 5) is 16.5. The van der Waals surface area contributed by atoms with Gasteiger partial charge in [-0.15, -0.1) is 0 Å². The van der Waals surface area contributed by atoms with Gasteiger partial charge < -0.3 is 10.4 Å². The Bertz CT molecular complexity index is 602. The van der Waals surface area contributed by atoms with Gasteiger partial charge in [0.15, 0.2) is 0 Å². The predicted octanol–water partition coefficient (Wildman–Crippen LogP) is 2.20. The number of nitrogens with zero attached hydrogens (tertiary/aromatic N) is 2. The summed E-state index contributed by atoms with van der Waals surface area (Å²) in [5.41, 5.74) is 0.730. The zero-order chi connectivity index (χ0) is 14.0. The molecule has 0 aliphatic rings. The minimum atomic E-state index is -0.453. The van der Waals surface area contributed by atoms with E-state index in [9.17, 15) is 9.90 Å². The van der Waals surface area contributed by atoms with Crippen molar-refractivity contribution in [2.45, 2.75) is 33.8 Å². The van der Waals surface area contributed by atoms with Gasteiger partial charge in [0.1, 0.15) is 17.2 Å². The van der Waals surface area contributed by atoms with E-state index < -0.39 is 5.41 Å². The summed E-state index contributed by atoms with van der Waals surface area (Å²) >= 11 is 0. The molecule has 0 saturated heterocycles. The first-order valence-corrected chi connectivity index (χ1v) is 6.38.